The first-order chi connectivity index (χ1) is 12.4. The minimum absolute atomic E-state index is 0.00880. The van der Waals surface area contributed by atoms with Crippen molar-refractivity contribution in [3.63, 3.8) is 0 Å². The van der Waals surface area contributed by atoms with Gasteiger partial charge in [0.25, 0.3) is 0 Å². The summed E-state index contributed by atoms with van der Waals surface area (Å²) >= 11 is 1.04. The van der Waals surface area contributed by atoms with E-state index in [1.54, 1.807) is 6.07 Å². The van der Waals surface area contributed by atoms with E-state index in [-0.39, 0.29) is 12.0 Å². The highest BCUT2D eigenvalue weighted by atomic mass is 32.1. The van der Waals surface area contributed by atoms with E-state index >= 15 is 0 Å². The minimum Gasteiger partial charge on any atom is -0.473 e. The SMILES string of the molecule is Cc1cc(-c2cnc(OC3CC(c4nc(C(F)(F)F)cs4)C3)cn2)on1. The van der Waals surface area contributed by atoms with E-state index in [4.69, 9.17) is 9.26 Å². The zero-order chi connectivity index (χ0) is 18.3. The van der Waals surface area contributed by atoms with Gasteiger partial charge in [-0.1, -0.05) is 5.16 Å². The first kappa shape index (κ1) is 17.0. The number of nitrogens with zero attached hydrogens (tertiary/aromatic N) is 4. The predicted molar refractivity (Wildman–Crippen MR) is 85.8 cm³/mol. The molecule has 4 rings (SSSR count). The molecule has 0 saturated heterocycles. The van der Waals surface area contributed by atoms with E-state index in [0.29, 0.717) is 35.2 Å². The number of aromatic nitrogens is 4. The Morgan fingerprint density at radius 3 is 2.62 bits per heavy atom. The number of hydrogen-bond donors (Lipinski definition) is 0. The monoisotopic (exact) mass is 382 g/mol. The van der Waals surface area contributed by atoms with Gasteiger partial charge in [-0.3, -0.25) is 0 Å². The maximum Gasteiger partial charge on any atom is 0.434 e. The highest BCUT2D eigenvalue weighted by Crippen LogP contribution is 2.42. The molecule has 0 radical (unpaired) electrons. The van der Waals surface area contributed by atoms with Crippen LogP contribution in [0.5, 0.6) is 5.88 Å². The Balaban J connectivity index is 1.33. The summed E-state index contributed by atoms with van der Waals surface area (Å²) in [4.78, 5) is 12.1. The van der Waals surface area contributed by atoms with Crippen molar-refractivity contribution in [1.29, 1.82) is 0 Å². The molecule has 0 aliphatic heterocycles. The van der Waals surface area contributed by atoms with Gasteiger partial charge in [0.15, 0.2) is 11.5 Å². The Bertz CT molecular complexity index is 901. The van der Waals surface area contributed by atoms with Crippen LogP contribution in [-0.2, 0) is 6.18 Å². The lowest BCUT2D eigenvalue weighted by molar-refractivity contribution is -0.140. The Morgan fingerprint density at radius 1 is 1.23 bits per heavy atom. The topological polar surface area (TPSA) is 73.9 Å². The van der Waals surface area contributed by atoms with E-state index in [0.717, 1.165) is 22.4 Å². The van der Waals surface area contributed by atoms with Gasteiger partial charge >= 0.3 is 6.18 Å². The molecule has 0 N–H and O–H groups in total. The zero-order valence-corrected chi connectivity index (χ0v) is 14.3. The van der Waals surface area contributed by atoms with Crippen molar-refractivity contribution in [3.8, 4) is 17.3 Å². The second-order valence-electron chi connectivity index (χ2n) is 6.05. The molecule has 3 aromatic heterocycles. The number of aryl methyl sites for hydroxylation is 1. The van der Waals surface area contributed by atoms with Crippen LogP contribution in [0.1, 0.15) is 35.2 Å². The first-order valence-corrected chi connectivity index (χ1v) is 8.71. The van der Waals surface area contributed by atoms with Gasteiger partial charge in [0.1, 0.15) is 11.8 Å². The van der Waals surface area contributed by atoms with Crippen LogP contribution in [-0.4, -0.2) is 26.2 Å². The smallest absolute Gasteiger partial charge is 0.434 e. The molecule has 136 valence electrons. The van der Waals surface area contributed by atoms with Gasteiger partial charge in [-0.15, -0.1) is 11.3 Å². The second-order valence-corrected chi connectivity index (χ2v) is 6.94. The van der Waals surface area contributed by atoms with Gasteiger partial charge in [0.2, 0.25) is 5.88 Å². The Kier molecular flexibility index (Phi) is 4.14. The van der Waals surface area contributed by atoms with Crippen LogP contribution in [0.25, 0.3) is 11.5 Å². The molecule has 1 saturated carbocycles. The molecular formula is C16H13F3N4O2S. The largest absolute Gasteiger partial charge is 0.473 e. The summed E-state index contributed by atoms with van der Waals surface area (Å²) in [5.41, 5.74) is 0.469. The Labute approximate surface area is 150 Å². The molecule has 1 aliphatic carbocycles. The van der Waals surface area contributed by atoms with Crippen molar-refractivity contribution in [3.05, 3.63) is 40.2 Å². The fourth-order valence-corrected chi connectivity index (χ4v) is 3.58. The average Bonchev–Trinajstić information content (AvgIpc) is 3.20. The average molecular weight is 382 g/mol. The van der Waals surface area contributed by atoms with Gasteiger partial charge in [0.05, 0.1) is 23.1 Å². The quantitative estimate of drug-likeness (QED) is 0.672. The molecule has 26 heavy (non-hydrogen) atoms. The Morgan fingerprint density at radius 2 is 2.04 bits per heavy atom. The molecule has 0 bridgehead atoms. The van der Waals surface area contributed by atoms with Gasteiger partial charge in [-0.2, -0.15) is 13.2 Å². The molecule has 1 fully saturated rings. The van der Waals surface area contributed by atoms with E-state index in [2.05, 4.69) is 20.1 Å². The Hall–Kier alpha value is -2.49. The normalized spacial score (nSPS) is 20.0. The lowest BCUT2D eigenvalue weighted by Crippen LogP contribution is -2.32. The molecule has 6 nitrogen and oxygen atoms in total. The third kappa shape index (κ3) is 3.41. The molecule has 0 spiro atoms. The van der Waals surface area contributed by atoms with Crippen LogP contribution in [0.2, 0.25) is 0 Å². The van der Waals surface area contributed by atoms with Crippen molar-refractivity contribution >= 4 is 11.3 Å². The van der Waals surface area contributed by atoms with Gasteiger partial charge < -0.3 is 9.26 Å². The minimum atomic E-state index is -4.40. The van der Waals surface area contributed by atoms with E-state index in [1.807, 2.05) is 6.92 Å². The zero-order valence-electron chi connectivity index (χ0n) is 13.5. The van der Waals surface area contributed by atoms with Crippen LogP contribution in [0, 0.1) is 6.92 Å². The molecule has 3 aromatic rings. The number of rotatable bonds is 4. The van der Waals surface area contributed by atoms with Crippen LogP contribution in [0.4, 0.5) is 13.2 Å². The van der Waals surface area contributed by atoms with E-state index < -0.39 is 11.9 Å². The molecule has 3 heterocycles. The summed E-state index contributed by atoms with van der Waals surface area (Å²) in [5.74, 6) is 0.878. The summed E-state index contributed by atoms with van der Waals surface area (Å²) in [6, 6.07) is 1.75. The molecule has 1 aliphatic rings. The second kappa shape index (κ2) is 6.35. The van der Waals surface area contributed by atoms with Crippen molar-refractivity contribution in [2.75, 3.05) is 0 Å². The summed E-state index contributed by atoms with van der Waals surface area (Å²) in [7, 11) is 0. The number of hydrogen-bond acceptors (Lipinski definition) is 7. The fraction of sp³-hybridized carbons (Fsp3) is 0.375. The third-order valence-corrected chi connectivity index (χ3v) is 5.06. The summed E-state index contributed by atoms with van der Waals surface area (Å²) in [6.07, 6.45) is -0.266. The summed E-state index contributed by atoms with van der Waals surface area (Å²) in [6.45, 7) is 1.81. The summed E-state index contributed by atoms with van der Waals surface area (Å²) in [5, 5.41) is 5.34. The molecular weight excluding hydrogens is 369 g/mol. The molecule has 0 atom stereocenters. The lowest BCUT2D eigenvalue weighted by Gasteiger charge is -2.33. The highest BCUT2D eigenvalue weighted by molar-refractivity contribution is 7.09. The first-order valence-electron chi connectivity index (χ1n) is 7.83. The number of ether oxygens (including phenoxy) is 1. The van der Waals surface area contributed by atoms with Crippen molar-refractivity contribution in [2.45, 2.75) is 38.0 Å². The molecule has 10 heteroatoms. The molecule has 0 amide bonds. The van der Waals surface area contributed by atoms with Crippen molar-refractivity contribution in [2.24, 2.45) is 0 Å². The fourth-order valence-electron chi connectivity index (χ4n) is 2.63. The van der Waals surface area contributed by atoms with Crippen molar-refractivity contribution < 1.29 is 22.4 Å². The molecule has 0 unspecified atom stereocenters. The molecule has 0 aromatic carbocycles. The maximum atomic E-state index is 12.6. The van der Waals surface area contributed by atoms with Gasteiger partial charge in [-0.25, -0.2) is 15.0 Å². The van der Waals surface area contributed by atoms with Gasteiger partial charge in [0, 0.05) is 17.4 Å². The van der Waals surface area contributed by atoms with E-state index in [9.17, 15) is 13.2 Å². The number of thiazole rings is 1. The number of halogens is 3. The van der Waals surface area contributed by atoms with Gasteiger partial charge in [-0.05, 0) is 19.8 Å². The maximum absolute atomic E-state index is 12.6. The van der Waals surface area contributed by atoms with Crippen LogP contribution < -0.4 is 4.74 Å². The highest BCUT2D eigenvalue weighted by Gasteiger charge is 2.38. The third-order valence-electron chi connectivity index (χ3n) is 4.05. The lowest BCUT2D eigenvalue weighted by atomic mass is 9.83. The van der Waals surface area contributed by atoms with E-state index in [1.165, 1.54) is 12.4 Å². The number of alkyl halides is 3. The standard InChI is InChI=1S/C16H13F3N4O2S/c1-8-2-12(25-23-8)11-5-21-14(6-20-11)24-10-3-9(4-10)15-22-13(7-26-15)16(17,18)19/h2,5-7,9-10H,3-4H2,1H3. The van der Waals surface area contributed by atoms with Crippen LogP contribution >= 0.6 is 11.3 Å². The van der Waals surface area contributed by atoms with Crippen LogP contribution in [0.3, 0.4) is 0 Å². The van der Waals surface area contributed by atoms with Crippen LogP contribution in [0.15, 0.2) is 28.4 Å². The van der Waals surface area contributed by atoms with Crippen molar-refractivity contribution in [1.82, 2.24) is 20.1 Å². The predicted octanol–water partition coefficient (Wildman–Crippen LogP) is 4.24. The summed E-state index contributed by atoms with van der Waals surface area (Å²) < 4.78 is 48.6.